The molecule has 2 heterocycles. The third kappa shape index (κ3) is 3.26. The summed E-state index contributed by atoms with van der Waals surface area (Å²) in [6.07, 6.45) is 1.71. The normalized spacial score (nSPS) is 13.6. The highest BCUT2D eigenvalue weighted by atomic mass is 16.3. The number of aromatic nitrogens is 2. The van der Waals surface area contributed by atoms with E-state index in [9.17, 15) is 15.3 Å². The van der Waals surface area contributed by atoms with Crippen molar-refractivity contribution in [1.82, 2.24) is 9.55 Å². The van der Waals surface area contributed by atoms with Crippen molar-refractivity contribution in [2.24, 2.45) is 0 Å². The Kier molecular flexibility index (Phi) is 4.92. The standard InChI is InChI=1S/C30H16N4O2/c31-17-20(18-32)27-23-13-7-8-14-24(23)28(35)25(27)15-22-16-26-29(34(22)21-11-5-2-6-12-21)33-30(36-26)19-9-3-1-4-10-19/h1-16H/b25-15-. The zero-order valence-corrected chi connectivity index (χ0v) is 18.8. The minimum atomic E-state index is -0.237. The number of nitrogens with zero attached hydrogens (tertiary/aromatic N) is 4. The van der Waals surface area contributed by atoms with E-state index in [1.54, 1.807) is 30.3 Å². The molecule has 0 amide bonds. The van der Waals surface area contributed by atoms with Crippen LogP contribution in [0.2, 0.25) is 0 Å². The van der Waals surface area contributed by atoms with E-state index in [1.807, 2.05) is 83.4 Å². The highest BCUT2D eigenvalue weighted by molar-refractivity contribution is 6.29. The van der Waals surface area contributed by atoms with E-state index in [4.69, 9.17) is 9.40 Å². The van der Waals surface area contributed by atoms with Gasteiger partial charge in [0.25, 0.3) is 0 Å². The molecule has 1 aliphatic rings. The number of Topliss-reactive ketones (excluding diaryl/α,β-unsaturated/α-hetero) is 1. The Bertz CT molecular complexity index is 1790. The van der Waals surface area contributed by atoms with Crippen molar-refractivity contribution in [2.75, 3.05) is 0 Å². The zero-order chi connectivity index (χ0) is 24.6. The number of oxazole rings is 1. The van der Waals surface area contributed by atoms with Crippen LogP contribution in [0.15, 0.2) is 107 Å². The molecule has 1 aliphatic carbocycles. The molecule has 6 rings (SSSR count). The number of nitriles is 2. The fraction of sp³-hybridized carbons (Fsp3) is 0. The first-order valence-corrected chi connectivity index (χ1v) is 11.2. The van der Waals surface area contributed by atoms with Gasteiger partial charge in [-0.1, -0.05) is 60.7 Å². The van der Waals surface area contributed by atoms with Crippen LogP contribution in [0.3, 0.4) is 0 Å². The molecule has 0 spiro atoms. The SMILES string of the molecule is N#CC(C#N)=C1/C(=C/c2cc3oc(-c4ccccc4)nc3n2-c2ccccc2)C(=O)c2ccccc21. The molecule has 2 aromatic heterocycles. The average molecular weight is 464 g/mol. The molecule has 0 fully saturated rings. The highest BCUT2D eigenvalue weighted by Crippen LogP contribution is 2.40. The number of para-hydroxylation sites is 1. The van der Waals surface area contributed by atoms with Crippen LogP contribution in [0.25, 0.3) is 40.0 Å². The average Bonchev–Trinajstić information content (AvgIpc) is 3.57. The number of benzene rings is 3. The maximum Gasteiger partial charge on any atom is 0.228 e. The highest BCUT2D eigenvalue weighted by Gasteiger charge is 2.32. The van der Waals surface area contributed by atoms with Crippen molar-refractivity contribution < 1.29 is 9.21 Å². The Labute approximate surface area is 206 Å². The molecule has 0 aliphatic heterocycles. The second-order valence-electron chi connectivity index (χ2n) is 8.22. The van der Waals surface area contributed by atoms with E-state index in [-0.39, 0.29) is 16.9 Å². The number of ketones is 1. The number of carbonyl (C=O) groups excluding carboxylic acids is 1. The first kappa shape index (κ1) is 21.1. The van der Waals surface area contributed by atoms with E-state index in [1.165, 1.54) is 0 Å². The molecule has 0 radical (unpaired) electrons. The van der Waals surface area contributed by atoms with Gasteiger partial charge in [0.1, 0.15) is 17.7 Å². The molecule has 3 aromatic carbocycles. The van der Waals surface area contributed by atoms with Crippen LogP contribution >= 0.6 is 0 Å². The van der Waals surface area contributed by atoms with Crippen LogP contribution in [-0.4, -0.2) is 15.3 Å². The Morgan fingerprint density at radius 1 is 0.861 bits per heavy atom. The van der Waals surface area contributed by atoms with Crippen molar-refractivity contribution in [1.29, 1.82) is 10.5 Å². The molecular weight excluding hydrogens is 448 g/mol. The Hall–Kier alpha value is -5.46. The van der Waals surface area contributed by atoms with Gasteiger partial charge in [-0.2, -0.15) is 15.5 Å². The second-order valence-corrected chi connectivity index (χ2v) is 8.22. The topological polar surface area (TPSA) is 95.6 Å². The summed E-state index contributed by atoms with van der Waals surface area (Å²) in [4.78, 5) is 18.2. The van der Waals surface area contributed by atoms with Gasteiger partial charge in [0.15, 0.2) is 17.0 Å². The number of rotatable bonds is 3. The Morgan fingerprint density at radius 2 is 1.50 bits per heavy atom. The lowest BCUT2D eigenvalue weighted by Crippen LogP contribution is -2.00. The summed E-state index contributed by atoms with van der Waals surface area (Å²) in [5.74, 6) is 0.254. The smallest absolute Gasteiger partial charge is 0.228 e. The lowest BCUT2D eigenvalue weighted by atomic mass is 9.99. The number of fused-ring (bicyclic) bond motifs is 2. The van der Waals surface area contributed by atoms with Gasteiger partial charge in [0.2, 0.25) is 5.89 Å². The quantitative estimate of drug-likeness (QED) is 0.228. The molecule has 6 nitrogen and oxygen atoms in total. The second kappa shape index (κ2) is 8.39. The van der Waals surface area contributed by atoms with Crippen molar-refractivity contribution in [3.05, 3.63) is 119 Å². The fourth-order valence-corrected chi connectivity index (χ4v) is 4.55. The molecule has 0 saturated carbocycles. The molecule has 0 unspecified atom stereocenters. The lowest BCUT2D eigenvalue weighted by molar-refractivity contribution is 0.104. The van der Waals surface area contributed by atoms with E-state index >= 15 is 0 Å². The molecule has 5 aromatic rings. The molecule has 168 valence electrons. The minimum Gasteiger partial charge on any atom is -0.434 e. The van der Waals surface area contributed by atoms with Gasteiger partial charge in [0.05, 0.1) is 5.69 Å². The van der Waals surface area contributed by atoms with Crippen LogP contribution in [0.4, 0.5) is 0 Å². The van der Waals surface area contributed by atoms with Gasteiger partial charge < -0.3 is 4.42 Å². The van der Waals surface area contributed by atoms with E-state index in [0.29, 0.717) is 39.5 Å². The summed E-state index contributed by atoms with van der Waals surface area (Å²) in [6, 6.07) is 32.0. The van der Waals surface area contributed by atoms with Gasteiger partial charge in [0, 0.05) is 34.0 Å². The number of allylic oxidation sites excluding steroid dienone is 3. The lowest BCUT2D eigenvalue weighted by Gasteiger charge is -2.08. The van der Waals surface area contributed by atoms with Crippen LogP contribution in [-0.2, 0) is 0 Å². The van der Waals surface area contributed by atoms with Gasteiger partial charge >= 0.3 is 0 Å². The number of carbonyl (C=O) groups is 1. The van der Waals surface area contributed by atoms with E-state index < -0.39 is 0 Å². The van der Waals surface area contributed by atoms with E-state index in [0.717, 1.165) is 11.3 Å². The summed E-state index contributed by atoms with van der Waals surface area (Å²) in [6.45, 7) is 0. The largest absolute Gasteiger partial charge is 0.434 e. The van der Waals surface area contributed by atoms with Gasteiger partial charge in [-0.15, -0.1) is 0 Å². The Morgan fingerprint density at radius 3 is 2.19 bits per heavy atom. The summed E-state index contributed by atoms with van der Waals surface area (Å²) in [5, 5.41) is 19.3. The Balaban J connectivity index is 1.61. The molecule has 0 atom stereocenters. The molecular formula is C30H16N4O2. The van der Waals surface area contributed by atoms with E-state index in [2.05, 4.69) is 0 Å². The van der Waals surface area contributed by atoms with Gasteiger partial charge in [-0.05, 0) is 35.9 Å². The van der Waals surface area contributed by atoms with Crippen molar-refractivity contribution >= 4 is 28.7 Å². The first-order chi connectivity index (χ1) is 17.7. The zero-order valence-electron chi connectivity index (χ0n) is 18.8. The summed E-state index contributed by atoms with van der Waals surface area (Å²) in [7, 11) is 0. The van der Waals surface area contributed by atoms with Crippen LogP contribution in [0, 0.1) is 22.7 Å². The summed E-state index contributed by atoms with van der Waals surface area (Å²) in [5.41, 5.74) is 5.06. The van der Waals surface area contributed by atoms with Crippen molar-refractivity contribution in [3.63, 3.8) is 0 Å². The molecule has 0 N–H and O–H groups in total. The number of hydrogen-bond donors (Lipinski definition) is 0. The first-order valence-electron chi connectivity index (χ1n) is 11.2. The molecule has 0 saturated heterocycles. The third-order valence-electron chi connectivity index (χ3n) is 6.14. The maximum absolute atomic E-state index is 13.4. The van der Waals surface area contributed by atoms with Gasteiger partial charge in [-0.3, -0.25) is 9.36 Å². The molecule has 36 heavy (non-hydrogen) atoms. The van der Waals surface area contributed by atoms with Crippen molar-refractivity contribution in [3.8, 4) is 29.3 Å². The monoisotopic (exact) mass is 464 g/mol. The van der Waals surface area contributed by atoms with Crippen LogP contribution < -0.4 is 0 Å². The summed E-state index contributed by atoms with van der Waals surface area (Å²) < 4.78 is 8.01. The van der Waals surface area contributed by atoms with Gasteiger partial charge in [-0.25, -0.2) is 0 Å². The number of hydrogen-bond acceptors (Lipinski definition) is 5. The summed E-state index contributed by atoms with van der Waals surface area (Å²) >= 11 is 0. The third-order valence-corrected chi connectivity index (χ3v) is 6.14. The molecule has 6 heteroatoms. The molecule has 0 bridgehead atoms. The fourth-order valence-electron chi connectivity index (χ4n) is 4.55. The maximum atomic E-state index is 13.4. The predicted octanol–water partition coefficient (Wildman–Crippen LogP) is 6.37. The predicted molar refractivity (Wildman–Crippen MR) is 136 cm³/mol. The minimum absolute atomic E-state index is 0.106. The van der Waals surface area contributed by atoms with Crippen LogP contribution in [0.5, 0.6) is 0 Å². The van der Waals surface area contributed by atoms with Crippen LogP contribution in [0.1, 0.15) is 21.6 Å². The van der Waals surface area contributed by atoms with Crippen molar-refractivity contribution in [2.45, 2.75) is 0 Å².